The number of nitrogens with two attached hydrogens (primary N) is 1. The van der Waals surface area contributed by atoms with Crippen molar-refractivity contribution in [2.45, 2.75) is 44.8 Å². The Hall–Kier alpha value is -2.30. The molecule has 0 unspecified atom stereocenters. The Kier molecular flexibility index (Phi) is 5.32. The summed E-state index contributed by atoms with van der Waals surface area (Å²) < 4.78 is 39.2. The lowest BCUT2D eigenvalue weighted by molar-refractivity contribution is -0.141. The first-order chi connectivity index (χ1) is 11.4. The van der Waals surface area contributed by atoms with Gasteiger partial charge in [-0.1, -0.05) is 19.3 Å². The van der Waals surface area contributed by atoms with E-state index in [-0.39, 0.29) is 12.2 Å². The van der Waals surface area contributed by atoms with Crippen LogP contribution in [-0.4, -0.2) is 27.3 Å². The van der Waals surface area contributed by atoms with E-state index in [1.165, 1.54) is 11.3 Å². The molecule has 0 saturated heterocycles. The molecule has 1 aliphatic heterocycles. The highest BCUT2D eigenvalue weighted by molar-refractivity contribution is 5.99. The predicted molar refractivity (Wildman–Crippen MR) is 82.7 cm³/mol. The zero-order chi connectivity index (χ0) is 17.9. The number of alkyl halides is 3. The summed E-state index contributed by atoms with van der Waals surface area (Å²) in [5.74, 6) is -0.724. The quantitative estimate of drug-likeness (QED) is 0.840. The first kappa shape index (κ1) is 18.0. The molecule has 1 saturated carbocycles. The van der Waals surface area contributed by atoms with Crippen molar-refractivity contribution in [1.82, 2.24) is 14.9 Å². The van der Waals surface area contributed by atoms with Gasteiger partial charge in [-0.05, 0) is 18.8 Å². The van der Waals surface area contributed by atoms with Crippen LogP contribution in [0.3, 0.4) is 0 Å². The zero-order valence-electron chi connectivity index (χ0n) is 13.1. The summed E-state index contributed by atoms with van der Waals surface area (Å²) in [6.07, 6.45) is 8.73. The molecule has 0 spiro atoms. The second-order valence-electron chi connectivity index (χ2n) is 5.94. The van der Waals surface area contributed by atoms with Crippen LogP contribution in [0, 0.1) is 18.8 Å². The second-order valence-corrected chi connectivity index (χ2v) is 5.94. The lowest BCUT2D eigenvalue weighted by Crippen LogP contribution is -2.31. The molecule has 8 heteroatoms. The molecule has 5 nitrogen and oxygen atoms in total. The Morgan fingerprint density at radius 2 is 1.79 bits per heavy atom. The Morgan fingerprint density at radius 3 is 2.38 bits per heavy atom. The van der Waals surface area contributed by atoms with Crippen molar-refractivity contribution in [2.75, 3.05) is 12.3 Å². The van der Waals surface area contributed by atoms with Crippen LogP contribution in [0.5, 0.6) is 0 Å². The smallest absolute Gasteiger partial charge is 0.368 e. The van der Waals surface area contributed by atoms with Crippen LogP contribution in [0.2, 0.25) is 0 Å². The molecule has 0 atom stereocenters. The van der Waals surface area contributed by atoms with Crippen LogP contribution in [0.1, 0.15) is 53.8 Å². The summed E-state index contributed by atoms with van der Waals surface area (Å²) in [7, 11) is 0. The van der Waals surface area contributed by atoms with Crippen molar-refractivity contribution in [3.63, 3.8) is 0 Å². The average molecular weight is 340 g/mol. The minimum absolute atomic E-state index is 0.0838. The molecule has 0 radical (unpaired) electrons. The van der Waals surface area contributed by atoms with Gasteiger partial charge in [-0.3, -0.25) is 4.79 Å². The van der Waals surface area contributed by atoms with Crippen molar-refractivity contribution < 1.29 is 18.0 Å². The highest BCUT2D eigenvalue weighted by Gasteiger charge is 2.44. The number of rotatable bonds is 2. The van der Waals surface area contributed by atoms with E-state index >= 15 is 0 Å². The SMILES string of the molecule is C#C.Nc1nc2c(c(C(F)(F)F)n1)C(=O)N(CC1CCCCC1)C2. The van der Waals surface area contributed by atoms with Crippen LogP contribution in [-0.2, 0) is 12.7 Å². The number of terminal acetylenes is 1. The van der Waals surface area contributed by atoms with Crippen LogP contribution >= 0.6 is 0 Å². The summed E-state index contributed by atoms with van der Waals surface area (Å²) in [5.41, 5.74) is 3.79. The summed E-state index contributed by atoms with van der Waals surface area (Å²) in [5, 5.41) is 0. The van der Waals surface area contributed by atoms with Gasteiger partial charge in [0.25, 0.3) is 5.91 Å². The lowest BCUT2D eigenvalue weighted by atomic mass is 9.89. The van der Waals surface area contributed by atoms with E-state index in [0.717, 1.165) is 25.7 Å². The summed E-state index contributed by atoms with van der Waals surface area (Å²) in [6.45, 7) is 0.562. The van der Waals surface area contributed by atoms with Crippen LogP contribution in [0.15, 0.2) is 0 Å². The number of hydrogen-bond acceptors (Lipinski definition) is 4. The minimum Gasteiger partial charge on any atom is -0.368 e. The maximum atomic E-state index is 13.1. The largest absolute Gasteiger partial charge is 0.434 e. The van der Waals surface area contributed by atoms with Crippen LogP contribution in [0.4, 0.5) is 19.1 Å². The Balaban J connectivity index is 0.00000100. The van der Waals surface area contributed by atoms with E-state index in [1.807, 2.05) is 0 Å². The number of halogens is 3. The Morgan fingerprint density at radius 1 is 1.17 bits per heavy atom. The molecule has 2 heterocycles. The fourth-order valence-electron chi connectivity index (χ4n) is 3.31. The van der Waals surface area contributed by atoms with Crippen molar-refractivity contribution in [1.29, 1.82) is 0 Å². The number of anilines is 1. The number of aromatic nitrogens is 2. The number of hydrogen-bond donors (Lipinski definition) is 1. The first-order valence-corrected chi connectivity index (χ1v) is 7.72. The van der Waals surface area contributed by atoms with Gasteiger partial charge < -0.3 is 10.6 Å². The number of nitrogen functional groups attached to an aromatic ring is 1. The molecule has 24 heavy (non-hydrogen) atoms. The number of amides is 1. The van der Waals surface area contributed by atoms with E-state index in [0.29, 0.717) is 12.5 Å². The average Bonchev–Trinajstić information content (AvgIpc) is 2.84. The second kappa shape index (κ2) is 7.07. The molecule has 130 valence electrons. The molecule has 0 aromatic carbocycles. The third-order valence-corrected chi connectivity index (χ3v) is 4.31. The lowest BCUT2D eigenvalue weighted by Gasteiger charge is -2.26. The number of nitrogens with zero attached hydrogens (tertiary/aromatic N) is 3. The van der Waals surface area contributed by atoms with Gasteiger partial charge in [0.2, 0.25) is 5.95 Å². The minimum atomic E-state index is -4.71. The van der Waals surface area contributed by atoms with Gasteiger partial charge in [-0.2, -0.15) is 13.2 Å². The van der Waals surface area contributed by atoms with Gasteiger partial charge in [0.1, 0.15) is 0 Å². The van der Waals surface area contributed by atoms with E-state index in [4.69, 9.17) is 5.73 Å². The Labute approximate surface area is 138 Å². The van der Waals surface area contributed by atoms with E-state index < -0.39 is 29.3 Å². The molecule has 2 N–H and O–H groups in total. The molecule has 1 fully saturated rings. The summed E-state index contributed by atoms with van der Waals surface area (Å²) in [4.78, 5) is 20.9. The molecule has 0 bridgehead atoms. The molecular weight excluding hydrogens is 321 g/mol. The first-order valence-electron chi connectivity index (χ1n) is 7.72. The highest BCUT2D eigenvalue weighted by Crippen LogP contribution is 2.36. The molecular formula is C16H19F3N4O. The fraction of sp³-hybridized carbons (Fsp3) is 0.562. The van der Waals surface area contributed by atoms with E-state index in [2.05, 4.69) is 22.8 Å². The van der Waals surface area contributed by atoms with E-state index in [1.54, 1.807) is 0 Å². The van der Waals surface area contributed by atoms with Gasteiger partial charge in [-0.25, -0.2) is 9.97 Å². The third-order valence-electron chi connectivity index (χ3n) is 4.31. The highest BCUT2D eigenvalue weighted by atomic mass is 19.4. The number of carbonyl (C=O) groups is 1. The van der Waals surface area contributed by atoms with Gasteiger partial charge in [0.05, 0.1) is 17.8 Å². The topological polar surface area (TPSA) is 72.1 Å². The van der Waals surface area contributed by atoms with Crippen molar-refractivity contribution in [2.24, 2.45) is 5.92 Å². The van der Waals surface area contributed by atoms with Crippen LogP contribution < -0.4 is 5.73 Å². The van der Waals surface area contributed by atoms with Crippen molar-refractivity contribution in [3.05, 3.63) is 17.0 Å². The standard InChI is InChI=1S/C14H17F3N4O.C2H2/c15-14(16,17)11-10-9(19-13(18)20-11)7-21(12(10)22)6-8-4-2-1-3-5-8;1-2/h8H,1-7H2,(H2,18,19,20);1-2H. The van der Waals surface area contributed by atoms with Gasteiger partial charge >= 0.3 is 6.18 Å². The molecule has 1 aromatic heterocycles. The summed E-state index contributed by atoms with van der Waals surface area (Å²) >= 11 is 0. The van der Waals surface area contributed by atoms with Gasteiger partial charge in [-0.15, -0.1) is 12.8 Å². The van der Waals surface area contributed by atoms with Gasteiger partial charge in [0.15, 0.2) is 5.69 Å². The molecule has 2 aliphatic rings. The number of fused-ring (bicyclic) bond motifs is 1. The maximum absolute atomic E-state index is 13.1. The van der Waals surface area contributed by atoms with Crippen molar-refractivity contribution >= 4 is 11.9 Å². The Bertz CT molecular complexity index is 636. The zero-order valence-corrected chi connectivity index (χ0v) is 13.1. The van der Waals surface area contributed by atoms with E-state index in [9.17, 15) is 18.0 Å². The van der Waals surface area contributed by atoms with Gasteiger partial charge in [0, 0.05) is 6.54 Å². The summed E-state index contributed by atoms with van der Waals surface area (Å²) in [6, 6.07) is 0. The van der Waals surface area contributed by atoms with Crippen LogP contribution in [0.25, 0.3) is 0 Å². The maximum Gasteiger partial charge on any atom is 0.434 e. The predicted octanol–water partition coefficient (Wildman–Crippen LogP) is 2.86. The molecule has 1 aliphatic carbocycles. The number of carbonyl (C=O) groups excluding carboxylic acids is 1. The molecule has 3 rings (SSSR count). The monoisotopic (exact) mass is 340 g/mol. The third kappa shape index (κ3) is 3.61. The molecule has 1 amide bonds. The molecule has 1 aromatic rings. The fourth-order valence-corrected chi connectivity index (χ4v) is 3.31. The van der Waals surface area contributed by atoms with Crippen molar-refractivity contribution in [3.8, 4) is 12.8 Å². The normalized spacial score (nSPS) is 18.0.